The van der Waals surface area contributed by atoms with Gasteiger partial charge in [0.15, 0.2) is 28.7 Å². The second-order valence-electron chi connectivity index (χ2n) is 10.1. The number of benzene rings is 2. The van der Waals surface area contributed by atoms with Gasteiger partial charge in [0.25, 0.3) is 0 Å². The van der Waals surface area contributed by atoms with Crippen LogP contribution in [0.3, 0.4) is 0 Å². The first-order valence-electron chi connectivity index (χ1n) is 13.0. The Balaban J connectivity index is 0.000000193. The van der Waals surface area contributed by atoms with Gasteiger partial charge >= 0.3 is 43.7 Å². The summed E-state index contributed by atoms with van der Waals surface area (Å²) >= 11 is 3.11. The van der Waals surface area contributed by atoms with E-state index in [1.165, 1.54) is 0 Å². The zero-order chi connectivity index (χ0) is 28.8. The molecule has 0 amide bonds. The van der Waals surface area contributed by atoms with Gasteiger partial charge < -0.3 is 40.1 Å². The van der Waals surface area contributed by atoms with Crippen LogP contribution in [0.2, 0.25) is 0 Å². The fraction of sp³-hybridized carbons (Fsp3) is 0.345. The molecule has 228 valence electrons. The number of Topliss-reactive ketones (excluding diaryl/α,β-unsaturated/α-hetero) is 3. The number of rotatable bonds is 4. The predicted octanol–water partition coefficient (Wildman–Crippen LogP) is 3.59. The molecule has 8 rings (SSSR count). The molecule has 2 fully saturated rings. The molecule has 0 unspecified atom stereocenters. The third-order valence-corrected chi connectivity index (χ3v) is 7.84. The molecule has 3 aliphatic carbocycles. The Kier molecular flexibility index (Phi) is 11.6. The monoisotopic (exact) mass is 699 g/mol. The molecule has 0 spiro atoms. The number of aromatic nitrogens is 1. The smallest absolute Gasteiger partial charge is 0.870 e. The van der Waals surface area contributed by atoms with E-state index < -0.39 is 11.8 Å². The minimum Gasteiger partial charge on any atom is -0.870 e. The number of ether oxygens (including phenoxy) is 4. The first-order valence-corrected chi connectivity index (χ1v) is 14.2. The first kappa shape index (κ1) is 35.5. The number of carbonyl (C=O) groups is 4. The zero-order valence-electron chi connectivity index (χ0n) is 23.2. The van der Waals surface area contributed by atoms with Crippen LogP contribution in [-0.2, 0) is 16.0 Å². The van der Waals surface area contributed by atoms with Crippen molar-refractivity contribution in [3.63, 3.8) is 0 Å². The number of nitrogens with zero attached hydrogens (tertiary/aromatic N) is 1. The minimum absolute atomic E-state index is 0. The molecule has 5 aliphatic rings. The summed E-state index contributed by atoms with van der Waals surface area (Å²) in [6, 6.07) is 6.87. The van der Waals surface area contributed by atoms with Gasteiger partial charge in [-0.25, -0.2) is 9.78 Å². The predicted molar refractivity (Wildman–Crippen MR) is 155 cm³/mol. The number of pyridine rings is 1. The Morgan fingerprint density at radius 1 is 0.909 bits per heavy atom. The van der Waals surface area contributed by atoms with E-state index in [0.29, 0.717) is 62.2 Å². The standard InChI is InChI=1S/C14H11NO5.C10H6O4.C5H7BrO.Ca.2H2O/c16-12-10(14(17)18)9-7(15-11(12)6-1-2-6)3-4-8-13(9)20-5-19-8;11-6-3-5-1-2-7-10(14-4-13-7)8(5)9(6)12;6-3-5(7)4-1-2-4;;;/h3-4,6,16H,1-2,5H2,(H,17,18);1-2H,3-4H2;4H,1-3H2;;2*1H2/q;;;+2;;/p-2. The van der Waals surface area contributed by atoms with Crippen molar-refractivity contribution in [2.45, 2.75) is 38.0 Å². The van der Waals surface area contributed by atoms with E-state index in [-0.39, 0.29) is 91.7 Å². The van der Waals surface area contributed by atoms with Gasteiger partial charge in [-0.3, -0.25) is 14.4 Å². The van der Waals surface area contributed by atoms with Crippen LogP contribution in [0.25, 0.3) is 10.9 Å². The quantitative estimate of drug-likeness (QED) is 0.226. The number of alkyl halides is 1. The van der Waals surface area contributed by atoms with E-state index in [9.17, 15) is 29.4 Å². The number of fused-ring (bicyclic) bond motifs is 6. The largest absolute Gasteiger partial charge is 2.00 e. The summed E-state index contributed by atoms with van der Waals surface area (Å²) in [6.45, 7) is 0.159. The number of carboxylic acids is 1. The molecule has 2 saturated carbocycles. The third kappa shape index (κ3) is 6.80. The molecule has 3 heterocycles. The second-order valence-corrected chi connectivity index (χ2v) is 10.7. The van der Waals surface area contributed by atoms with Gasteiger partial charge in [0, 0.05) is 18.3 Å². The molecule has 2 aromatic carbocycles. The topological polar surface area (TPSA) is 219 Å². The Morgan fingerprint density at radius 2 is 1.52 bits per heavy atom. The molecule has 0 atom stereocenters. The van der Waals surface area contributed by atoms with Crippen molar-refractivity contribution in [2.24, 2.45) is 5.92 Å². The van der Waals surface area contributed by atoms with Gasteiger partial charge in [0.2, 0.25) is 25.2 Å². The van der Waals surface area contributed by atoms with Gasteiger partial charge in [-0.05, 0) is 49.4 Å². The van der Waals surface area contributed by atoms with Crippen molar-refractivity contribution < 1.29 is 59.3 Å². The Bertz CT molecular complexity index is 1640. The van der Waals surface area contributed by atoms with E-state index in [0.717, 1.165) is 31.2 Å². The molecule has 0 radical (unpaired) electrons. The number of carbonyl (C=O) groups excluding carboxylic acids is 3. The number of aromatic carboxylic acids is 1. The summed E-state index contributed by atoms with van der Waals surface area (Å²) in [5.74, 6) is 0.473. The molecule has 1 aromatic heterocycles. The van der Waals surface area contributed by atoms with E-state index in [4.69, 9.17) is 18.9 Å². The number of halogens is 1. The van der Waals surface area contributed by atoms with Crippen LogP contribution in [0.4, 0.5) is 0 Å². The van der Waals surface area contributed by atoms with Crippen molar-refractivity contribution in [2.75, 3.05) is 18.9 Å². The average molecular weight is 701 g/mol. The number of carboxylic acid groups (broad SMARTS) is 1. The van der Waals surface area contributed by atoms with Crippen LogP contribution in [0, 0.1) is 5.92 Å². The van der Waals surface area contributed by atoms with Gasteiger partial charge in [-0.1, -0.05) is 22.0 Å². The number of aromatic hydroxyl groups is 1. The summed E-state index contributed by atoms with van der Waals surface area (Å²) in [5, 5.41) is 20.6. The maximum absolute atomic E-state index is 11.5. The van der Waals surface area contributed by atoms with Gasteiger partial charge in [-0.2, -0.15) is 0 Å². The van der Waals surface area contributed by atoms with Crippen LogP contribution >= 0.6 is 15.9 Å². The van der Waals surface area contributed by atoms with E-state index >= 15 is 0 Å². The minimum atomic E-state index is -1.19. The summed E-state index contributed by atoms with van der Waals surface area (Å²) in [7, 11) is 0. The molecule has 0 saturated heterocycles. The maximum Gasteiger partial charge on any atom is 2.00 e. The molecule has 15 heteroatoms. The van der Waals surface area contributed by atoms with Crippen LogP contribution in [0.5, 0.6) is 28.7 Å². The Morgan fingerprint density at radius 3 is 2.09 bits per heavy atom. The van der Waals surface area contributed by atoms with Crippen molar-refractivity contribution in [3.8, 4) is 28.7 Å². The van der Waals surface area contributed by atoms with Crippen LogP contribution in [0.15, 0.2) is 24.3 Å². The fourth-order valence-electron chi connectivity index (χ4n) is 4.89. The third-order valence-electron chi connectivity index (χ3n) is 7.29. The molecule has 3 aromatic rings. The van der Waals surface area contributed by atoms with Crippen LogP contribution < -0.4 is 18.9 Å². The summed E-state index contributed by atoms with van der Waals surface area (Å²) in [6.07, 6.45) is 4.30. The summed E-state index contributed by atoms with van der Waals surface area (Å²) < 4.78 is 20.9. The summed E-state index contributed by atoms with van der Waals surface area (Å²) in [5.41, 5.74) is 1.95. The Labute approximate surface area is 288 Å². The van der Waals surface area contributed by atoms with Gasteiger partial charge in [0.1, 0.15) is 11.3 Å². The Hall–Kier alpha value is -3.01. The maximum atomic E-state index is 11.5. The van der Waals surface area contributed by atoms with Gasteiger partial charge in [0.05, 0.1) is 27.5 Å². The number of hydrogen-bond donors (Lipinski definition) is 2. The number of hydrogen-bond acceptors (Lipinski definition) is 12. The molecule has 4 N–H and O–H groups in total. The van der Waals surface area contributed by atoms with E-state index in [1.54, 1.807) is 24.3 Å². The van der Waals surface area contributed by atoms with E-state index in [1.807, 2.05) is 0 Å². The SMILES string of the molecule is O=C(CBr)C1CC1.O=C(O)c1c(O)c(C2CC2)nc2ccc3c(c12)OCO3.O=C1Cc2ccc3c(c2C1=O)OCO3.[Ca+2].[OH-].[OH-]. The zero-order valence-corrected chi connectivity index (χ0v) is 27.0. The molecular formula is C29H26BrCaNO12. The molecule has 2 aliphatic heterocycles. The van der Waals surface area contributed by atoms with Gasteiger partial charge in [-0.15, -0.1) is 0 Å². The van der Waals surface area contributed by atoms with Crippen molar-refractivity contribution in [3.05, 3.63) is 46.6 Å². The van der Waals surface area contributed by atoms with Crippen molar-refractivity contribution >= 4 is 87.9 Å². The first-order chi connectivity index (χ1) is 19.8. The average Bonchev–Trinajstić information content (AvgIpc) is 3.87. The molecule has 44 heavy (non-hydrogen) atoms. The van der Waals surface area contributed by atoms with Crippen LogP contribution in [-0.4, -0.2) is 106 Å². The normalized spacial score (nSPS) is 16.2. The second kappa shape index (κ2) is 14.4. The fourth-order valence-corrected chi connectivity index (χ4v) is 5.35. The molecule has 0 bridgehead atoms. The molecular weight excluding hydrogens is 674 g/mol. The number of ketones is 3. The van der Waals surface area contributed by atoms with Crippen molar-refractivity contribution in [1.29, 1.82) is 0 Å². The van der Waals surface area contributed by atoms with E-state index in [2.05, 4.69) is 20.9 Å². The van der Waals surface area contributed by atoms with Crippen LogP contribution in [0.1, 0.15) is 63.6 Å². The molecule has 13 nitrogen and oxygen atoms in total. The van der Waals surface area contributed by atoms with Crippen molar-refractivity contribution in [1.82, 2.24) is 4.98 Å². The summed E-state index contributed by atoms with van der Waals surface area (Å²) in [4.78, 5) is 49.1.